The largest absolute Gasteiger partial charge is 0.309 e. The first kappa shape index (κ1) is 26.7. The van der Waals surface area contributed by atoms with Gasteiger partial charge in [-0.1, -0.05) is 122 Å². The second kappa shape index (κ2) is 10.2. The predicted molar refractivity (Wildman–Crippen MR) is 194 cm³/mol. The molecule has 2 aliphatic rings. The van der Waals surface area contributed by atoms with E-state index in [1.165, 1.54) is 87.4 Å². The fourth-order valence-corrected chi connectivity index (χ4v) is 8.68. The SMILES string of the molecule is c1ccc(-c2nc(-c3ccc4c(c3)C3(CCCCC3)c3cc(-n5c6ccccc6c6ccccc65)ccc3-4)c3ccccc3n2)cc1. The number of rotatable bonds is 3. The predicted octanol–water partition coefficient (Wildman–Crippen LogP) is 11.3. The molecule has 0 aliphatic heterocycles. The van der Waals surface area contributed by atoms with Crippen LogP contribution in [0.2, 0.25) is 0 Å². The summed E-state index contributed by atoms with van der Waals surface area (Å²) in [7, 11) is 0. The lowest BCUT2D eigenvalue weighted by Crippen LogP contribution is -2.28. The Kier molecular flexibility index (Phi) is 5.80. The molecule has 3 heteroatoms. The third kappa shape index (κ3) is 3.93. The first-order valence-corrected chi connectivity index (χ1v) is 16.9. The minimum atomic E-state index is -0.00120. The van der Waals surface area contributed by atoms with Gasteiger partial charge in [-0.05, 0) is 71.5 Å². The van der Waals surface area contributed by atoms with Gasteiger partial charge in [0.05, 0.1) is 22.2 Å². The molecule has 3 nitrogen and oxygen atoms in total. The Bertz CT molecular complexity index is 2450. The molecule has 6 aromatic carbocycles. The summed E-state index contributed by atoms with van der Waals surface area (Å²) in [6.07, 6.45) is 6.14. The van der Waals surface area contributed by atoms with Gasteiger partial charge in [0.2, 0.25) is 0 Å². The van der Waals surface area contributed by atoms with Crippen LogP contribution in [0, 0.1) is 0 Å². The van der Waals surface area contributed by atoms with E-state index in [9.17, 15) is 0 Å². The maximum absolute atomic E-state index is 5.24. The zero-order chi connectivity index (χ0) is 31.0. The molecular weight excluding hydrogens is 571 g/mol. The van der Waals surface area contributed by atoms with Crippen LogP contribution in [0.5, 0.6) is 0 Å². The molecule has 8 aromatic rings. The maximum Gasteiger partial charge on any atom is 0.160 e. The normalized spacial score (nSPS) is 15.0. The van der Waals surface area contributed by atoms with E-state index in [2.05, 4.69) is 138 Å². The molecule has 0 N–H and O–H groups in total. The molecule has 47 heavy (non-hydrogen) atoms. The smallest absolute Gasteiger partial charge is 0.160 e. The van der Waals surface area contributed by atoms with E-state index in [1.807, 2.05) is 6.07 Å². The van der Waals surface area contributed by atoms with E-state index in [0.717, 1.165) is 28.0 Å². The van der Waals surface area contributed by atoms with Gasteiger partial charge in [0.15, 0.2) is 5.82 Å². The van der Waals surface area contributed by atoms with Crippen molar-refractivity contribution < 1.29 is 0 Å². The average molecular weight is 604 g/mol. The Labute approximate surface area is 274 Å². The third-order valence-corrected chi connectivity index (χ3v) is 10.8. The van der Waals surface area contributed by atoms with Crippen molar-refractivity contribution in [2.75, 3.05) is 0 Å². The van der Waals surface area contributed by atoms with E-state index in [1.54, 1.807) is 0 Å². The highest BCUT2D eigenvalue weighted by atomic mass is 15.0. The van der Waals surface area contributed by atoms with Crippen molar-refractivity contribution in [1.29, 1.82) is 0 Å². The van der Waals surface area contributed by atoms with Gasteiger partial charge in [-0.15, -0.1) is 0 Å². The van der Waals surface area contributed by atoms with Crippen LogP contribution in [0.25, 0.3) is 72.2 Å². The summed E-state index contributed by atoms with van der Waals surface area (Å²) in [6, 6.07) is 50.8. The zero-order valence-corrected chi connectivity index (χ0v) is 26.2. The number of hydrogen-bond donors (Lipinski definition) is 0. The minimum absolute atomic E-state index is 0.00120. The second-order valence-electron chi connectivity index (χ2n) is 13.3. The molecule has 0 saturated heterocycles. The Morgan fingerprint density at radius 2 is 1.11 bits per heavy atom. The van der Waals surface area contributed by atoms with Gasteiger partial charge in [-0.2, -0.15) is 0 Å². The number of para-hydroxylation sites is 3. The van der Waals surface area contributed by atoms with E-state index in [4.69, 9.17) is 9.97 Å². The van der Waals surface area contributed by atoms with Gasteiger partial charge in [0, 0.05) is 38.4 Å². The summed E-state index contributed by atoms with van der Waals surface area (Å²) in [5.41, 5.74) is 13.7. The zero-order valence-electron chi connectivity index (χ0n) is 26.2. The Balaban J connectivity index is 1.18. The summed E-state index contributed by atoms with van der Waals surface area (Å²) in [6.45, 7) is 0. The van der Waals surface area contributed by atoms with E-state index < -0.39 is 0 Å². The van der Waals surface area contributed by atoms with E-state index in [-0.39, 0.29) is 5.41 Å². The quantitative estimate of drug-likeness (QED) is 0.201. The molecule has 0 amide bonds. The highest BCUT2D eigenvalue weighted by molar-refractivity contribution is 6.09. The van der Waals surface area contributed by atoms with E-state index in [0.29, 0.717) is 0 Å². The van der Waals surface area contributed by atoms with Crippen LogP contribution in [-0.2, 0) is 5.41 Å². The molecule has 0 radical (unpaired) electrons. The highest BCUT2D eigenvalue weighted by Gasteiger charge is 2.44. The molecule has 2 heterocycles. The number of fused-ring (bicyclic) bond motifs is 9. The lowest BCUT2D eigenvalue weighted by atomic mass is 9.67. The Morgan fingerprint density at radius 1 is 0.489 bits per heavy atom. The van der Waals surface area contributed by atoms with Gasteiger partial charge in [0.1, 0.15) is 0 Å². The number of nitrogens with zero attached hydrogens (tertiary/aromatic N) is 3. The number of hydrogen-bond acceptors (Lipinski definition) is 2. The lowest BCUT2D eigenvalue weighted by Gasteiger charge is -2.36. The van der Waals surface area contributed by atoms with Crippen molar-refractivity contribution in [2.24, 2.45) is 0 Å². The molecule has 1 saturated carbocycles. The van der Waals surface area contributed by atoms with Crippen molar-refractivity contribution in [3.63, 3.8) is 0 Å². The number of benzene rings is 6. The summed E-state index contributed by atoms with van der Waals surface area (Å²) in [5, 5.41) is 3.70. The molecule has 2 aliphatic carbocycles. The Hall–Kier alpha value is -5.54. The third-order valence-electron chi connectivity index (χ3n) is 10.8. The fourth-order valence-electron chi connectivity index (χ4n) is 8.68. The lowest BCUT2D eigenvalue weighted by molar-refractivity contribution is 0.353. The first-order valence-electron chi connectivity index (χ1n) is 16.9. The van der Waals surface area contributed by atoms with Gasteiger partial charge in [0.25, 0.3) is 0 Å². The fraction of sp³-hybridized carbons (Fsp3) is 0.136. The maximum atomic E-state index is 5.24. The van der Waals surface area contributed by atoms with E-state index >= 15 is 0 Å². The molecule has 1 spiro atoms. The summed E-state index contributed by atoms with van der Waals surface area (Å²) in [5.74, 6) is 0.770. The van der Waals surface area contributed by atoms with Crippen LogP contribution in [0.4, 0.5) is 0 Å². The highest BCUT2D eigenvalue weighted by Crippen LogP contribution is 2.57. The molecule has 10 rings (SSSR count). The summed E-state index contributed by atoms with van der Waals surface area (Å²) >= 11 is 0. The van der Waals surface area contributed by atoms with Gasteiger partial charge in [-0.25, -0.2) is 9.97 Å². The minimum Gasteiger partial charge on any atom is -0.309 e. The Morgan fingerprint density at radius 3 is 1.85 bits per heavy atom. The molecular formula is C44H33N3. The topological polar surface area (TPSA) is 30.7 Å². The van der Waals surface area contributed by atoms with Crippen LogP contribution < -0.4 is 0 Å². The van der Waals surface area contributed by atoms with Gasteiger partial charge < -0.3 is 4.57 Å². The molecule has 0 unspecified atom stereocenters. The van der Waals surface area contributed by atoms with Crippen molar-refractivity contribution in [3.8, 4) is 39.5 Å². The van der Waals surface area contributed by atoms with Crippen molar-refractivity contribution >= 4 is 32.7 Å². The molecule has 0 bridgehead atoms. The van der Waals surface area contributed by atoms with Crippen LogP contribution in [0.1, 0.15) is 43.2 Å². The van der Waals surface area contributed by atoms with Crippen molar-refractivity contribution in [2.45, 2.75) is 37.5 Å². The van der Waals surface area contributed by atoms with Gasteiger partial charge in [-0.3, -0.25) is 0 Å². The molecule has 0 atom stereocenters. The first-order chi connectivity index (χ1) is 23.3. The molecule has 2 aromatic heterocycles. The van der Waals surface area contributed by atoms with Crippen LogP contribution >= 0.6 is 0 Å². The van der Waals surface area contributed by atoms with Crippen molar-refractivity contribution in [1.82, 2.24) is 14.5 Å². The standard InChI is InChI=1S/C44H33N3/c1-3-13-29(14-4-1)43-45-39-18-8-5-17-36(39)42(46-43)30-21-23-32-33-24-22-31(28-38(33)44(37(32)27-30)25-11-2-12-26-44)47-40-19-9-6-15-34(40)35-16-7-10-20-41(35)47/h1,3-10,13-24,27-28H,2,11-12,25-26H2. The van der Waals surface area contributed by atoms with Crippen LogP contribution in [-0.4, -0.2) is 14.5 Å². The van der Waals surface area contributed by atoms with Crippen LogP contribution in [0.3, 0.4) is 0 Å². The monoisotopic (exact) mass is 603 g/mol. The summed E-state index contributed by atoms with van der Waals surface area (Å²) < 4.78 is 2.47. The van der Waals surface area contributed by atoms with Crippen molar-refractivity contribution in [3.05, 3.63) is 151 Å². The number of aromatic nitrogens is 3. The van der Waals surface area contributed by atoms with Gasteiger partial charge >= 0.3 is 0 Å². The molecule has 1 fully saturated rings. The molecule has 224 valence electrons. The average Bonchev–Trinajstić information content (AvgIpc) is 3.61. The second-order valence-corrected chi connectivity index (χ2v) is 13.3. The van der Waals surface area contributed by atoms with Crippen LogP contribution in [0.15, 0.2) is 140 Å². The summed E-state index contributed by atoms with van der Waals surface area (Å²) in [4.78, 5) is 10.2.